The van der Waals surface area contributed by atoms with Gasteiger partial charge in [0.1, 0.15) is 12.1 Å². The van der Waals surface area contributed by atoms with E-state index in [1.54, 1.807) is 19.2 Å². The highest BCUT2D eigenvalue weighted by atomic mass is 32.1. The molecule has 0 fully saturated rings. The maximum Gasteiger partial charge on any atom is 0.159 e. The van der Waals surface area contributed by atoms with E-state index in [2.05, 4.69) is 17.9 Å². The maximum atomic E-state index is 8.21. The van der Waals surface area contributed by atoms with E-state index in [1.807, 2.05) is 0 Å². The van der Waals surface area contributed by atoms with Gasteiger partial charge in [-0.25, -0.2) is 0 Å². The van der Waals surface area contributed by atoms with Crippen molar-refractivity contribution in [1.29, 1.82) is 10.5 Å². The minimum atomic E-state index is 0.000772. The second-order valence-corrected chi connectivity index (χ2v) is 1.64. The predicted molar refractivity (Wildman–Crippen MR) is 36.3 cm³/mol. The molecule has 0 rings (SSSR count). The first-order chi connectivity index (χ1) is 4.26. The van der Waals surface area contributed by atoms with Crippen LogP contribution in [0.2, 0.25) is 0 Å². The van der Waals surface area contributed by atoms with E-state index in [1.165, 1.54) is 0 Å². The molecule has 0 unspecified atom stereocenters. The van der Waals surface area contributed by atoms with Gasteiger partial charge >= 0.3 is 0 Å². The summed E-state index contributed by atoms with van der Waals surface area (Å²) in [4.78, 5) is 0. The van der Waals surface area contributed by atoms with Gasteiger partial charge < -0.3 is 5.32 Å². The molecule has 0 aromatic carbocycles. The van der Waals surface area contributed by atoms with E-state index in [-0.39, 0.29) is 5.57 Å². The summed E-state index contributed by atoms with van der Waals surface area (Å²) in [5.74, 6) is 0. The topological polar surface area (TPSA) is 59.6 Å². The summed E-state index contributed by atoms with van der Waals surface area (Å²) in [5, 5.41) is 19.3. The molecule has 0 heterocycles. The number of nitriles is 2. The summed E-state index contributed by atoms with van der Waals surface area (Å²) >= 11 is 3.81. The van der Waals surface area contributed by atoms with E-state index in [0.29, 0.717) is 5.03 Å². The monoisotopic (exact) mass is 139 g/mol. The number of allylic oxidation sites excluding steroid dienone is 1. The predicted octanol–water partition coefficient (Wildman–Crippen LogP) is 0.394. The van der Waals surface area contributed by atoms with Gasteiger partial charge in [0.25, 0.3) is 0 Å². The number of rotatable bonds is 1. The van der Waals surface area contributed by atoms with Crippen molar-refractivity contribution < 1.29 is 0 Å². The number of thiol groups is 1. The van der Waals surface area contributed by atoms with Crippen molar-refractivity contribution in [3.05, 3.63) is 10.6 Å². The van der Waals surface area contributed by atoms with Gasteiger partial charge in [-0.3, -0.25) is 0 Å². The Labute approximate surface area is 59.0 Å². The Morgan fingerprint density at radius 1 is 1.44 bits per heavy atom. The number of hydrogen-bond acceptors (Lipinski definition) is 4. The first-order valence-electron chi connectivity index (χ1n) is 2.17. The van der Waals surface area contributed by atoms with Gasteiger partial charge in [-0.2, -0.15) is 10.5 Å². The van der Waals surface area contributed by atoms with Crippen molar-refractivity contribution in [3.63, 3.8) is 0 Å². The maximum absolute atomic E-state index is 8.21. The smallest absolute Gasteiger partial charge is 0.159 e. The van der Waals surface area contributed by atoms with Crippen molar-refractivity contribution in [1.82, 2.24) is 5.32 Å². The largest absolute Gasteiger partial charge is 0.381 e. The quantitative estimate of drug-likeness (QED) is 0.408. The Hall–Kier alpha value is -1.13. The average molecular weight is 139 g/mol. The lowest BCUT2D eigenvalue weighted by molar-refractivity contribution is 1.07. The summed E-state index contributed by atoms with van der Waals surface area (Å²) in [6.45, 7) is 0. The summed E-state index contributed by atoms with van der Waals surface area (Å²) in [6, 6.07) is 3.36. The van der Waals surface area contributed by atoms with Crippen LogP contribution in [0.25, 0.3) is 0 Å². The molecule has 0 aliphatic carbocycles. The zero-order valence-corrected chi connectivity index (χ0v) is 5.74. The van der Waals surface area contributed by atoms with Crippen molar-refractivity contribution in [2.45, 2.75) is 0 Å². The van der Waals surface area contributed by atoms with Crippen LogP contribution in [0, 0.1) is 22.7 Å². The highest BCUT2D eigenvalue weighted by Crippen LogP contribution is 2.00. The third-order valence-electron chi connectivity index (χ3n) is 0.697. The Balaban J connectivity index is 4.49. The lowest BCUT2D eigenvalue weighted by Crippen LogP contribution is -2.01. The lowest BCUT2D eigenvalue weighted by Gasteiger charge is -1.93. The third kappa shape index (κ3) is 2.07. The molecule has 46 valence electrons. The van der Waals surface area contributed by atoms with Crippen molar-refractivity contribution in [2.24, 2.45) is 0 Å². The van der Waals surface area contributed by atoms with Crippen LogP contribution in [0.3, 0.4) is 0 Å². The molecule has 0 aliphatic heterocycles. The summed E-state index contributed by atoms with van der Waals surface area (Å²) < 4.78 is 0. The first kappa shape index (κ1) is 7.87. The molecular weight excluding hydrogens is 134 g/mol. The van der Waals surface area contributed by atoms with Gasteiger partial charge in [0.15, 0.2) is 5.57 Å². The first-order valence-corrected chi connectivity index (χ1v) is 2.62. The zero-order valence-electron chi connectivity index (χ0n) is 4.84. The standard InChI is InChI=1S/C5H5N3S/c1-8-5(9)4(2-6)3-7/h8-9H,1H3. The molecule has 0 saturated heterocycles. The number of nitrogens with one attached hydrogen (secondary N) is 1. The number of nitrogens with zero attached hydrogens (tertiary/aromatic N) is 2. The van der Waals surface area contributed by atoms with Gasteiger partial charge in [-0.1, -0.05) is 0 Å². The van der Waals surface area contributed by atoms with Gasteiger partial charge in [-0.05, 0) is 0 Å². The van der Waals surface area contributed by atoms with Gasteiger partial charge in [0.05, 0.1) is 5.03 Å². The van der Waals surface area contributed by atoms with Crippen LogP contribution < -0.4 is 5.32 Å². The Kier molecular flexibility index (Phi) is 3.34. The zero-order chi connectivity index (χ0) is 7.28. The van der Waals surface area contributed by atoms with Crippen LogP contribution in [0.1, 0.15) is 0 Å². The lowest BCUT2D eigenvalue weighted by atomic mass is 10.4. The molecule has 9 heavy (non-hydrogen) atoms. The normalized spacial score (nSPS) is 6.67. The third-order valence-corrected chi connectivity index (χ3v) is 1.14. The molecule has 0 radical (unpaired) electrons. The van der Waals surface area contributed by atoms with Gasteiger partial charge in [0.2, 0.25) is 0 Å². The second kappa shape index (κ2) is 3.82. The SMILES string of the molecule is CNC(S)=C(C#N)C#N. The van der Waals surface area contributed by atoms with E-state index in [4.69, 9.17) is 10.5 Å². The van der Waals surface area contributed by atoms with Crippen molar-refractivity contribution in [2.75, 3.05) is 7.05 Å². The fraction of sp³-hybridized carbons (Fsp3) is 0.200. The molecular formula is C5H5N3S. The van der Waals surface area contributed by atoms with Gasteiger partial charge in [-0.15, -0.1) is 12.6 Å². The van der Waals surface area contributed by atoms with Crippen LogP contribution in [0.15, 0.2) is 10.6 Å². The van der Waals surface area contributed by atoms with E-state index in [9.17, 15) is 0 Å². The fourth-order valence-corrected chi connectivity index (χ4v) is 0.356. The van der Waals surface area contributed by atoms with Crippen LogP contribution >= 0.6 is 12.6 Å². The molecule has 3 nitrogen and oxygen atoms in total. The minimum Gasteiger partial charge on any atom is -0.381 e. The Morgan fingerprint density at radius 2 is 1.89 bits per heavy atom. The molecule has 0 saturated carbocycles. The molecule has 0 aliphatic rings. The Bertz CT molecular complexity index is 189. The highest BCUT2D eigenvalue weighted by molar-refractivity contribution is 7.84. The van der Waals surface area contributed by atoms with Crippen LogP contribution in [0.5, 0.6) is 0 Å². The summed E-state index contributed by atoms with van der Waals surface area (Å²) in [6.07, 6.45) is 0. The Morgan fingerprint density at radius 3 is 2.00 bits per heavy atom. The van der Waals surface area contributed by atoms with Gasteiger partial charge in [0, 0.05) is 7.05 Å². The molecule has 0 bridgehead atoms. The molecule has 0 atom stereocenters. The molecule has 0 aromatic heterocycles. The summed E-state index contributed by atoms with van der Waals surface area (Å²) in [5.41, 5.74) is 0.000772. The molecule has 0 spiro atoms. The molecule has 1 N–H and O–H groups in total. The van der Waals surface area contributed by atoms with Crippen molar-refractivity contribution >= 4 is 12.6 Å². The molecule has 4 heteroatoms. The highest BCUT2D eigenvalue weighted by Gasteiger charge is 1.96. The van der Waals surface area contributed by atoms with E-state index >= 15 is 0 Å². The fourth-order valence-electron chi connectivity index (χ4n) is 0.256. The summed E-state index contributed by atoms with van der Waals surface area (Å²) in [7, 11) is 1.59. The minimum absolute atomic E-state index is 0.000772. The molecule has 0 aromatic rings. The van der Waals surface area contributed by atoms with Crippen LogP contribution in [-0.2, 0) is 0 Å². The van der Waals surface area contributed by atoms with Crippen molar-refractivity contribution in [3.8, 4) is 12.1 Å². The molecule has 0 amide bonds. The van der Waals surface area contributed by atoms with E-state index in [0.717, 1.165) is 0 Å². The number of hydrogen-bond donors (Lipinski definition) is 2. The average Bonchev–Trinajstić information content (AvgIpc) is 1.90. The van der Waals surface area contributed by atoms with Crippen LogP contribution in [0.4, 0.5) is 0 Å². The van der Waals surface area contributed by atoms with Crippen LogP contribution in [-0.4, -0.2) is 7.05 Å². The second-order valence-electron chi connectivity index (χ2n) is 1.20. The van der Waals surface area contributed by atoms with E-state index < -0.39 is 0 Å².